The summed E-state index contributed by atoms with van der Waals surface area (Å²) in [6.07, 6.45) is 0. The molecule has 0 spiro atoms. The first-order valence-electron chi connectivity index (χ1n) is 10.0. The fourth-order valence-corrected chi connectivity index (χ4v) is 4.45. The van der Waals surface area contributed by atoms with Crippen molar-refractivity contribution in [3.8, 4) is 28.0 Å². The lowest BCUT2D eigenvalue weighted by atomic mass is 10.2. The Balaban J connectivity index is 1.39. The smallest absolute Gasteiger partial charge is 0.302 e. The molecule has 0 aliphatic carbocycles. The second kappa shape index (κ2) is 8.71. The summed E-state index contributed by atoms with van der Waals surface area (Å²) in [6, 6.07) is 20.5. The maximum atomic E-state index is 12.4. The van der Waals surface area contributed by atoms with Crippen LogP contribution >= 0.6 is 11.3 Å². The van der Waals surface area contributed by atoms with E-state index in [1.807, 2.05) is 48.5 Å². The Hall–Kier alpha value is -4.24. The largest absolute Gasteiger partial charge is 0.493 e. The fourth-order valence-electron chi connectivity index (χ4n) is 3.46. The number of rotatable bonds is 6. The van der Waals surface area contributed by atoms with Gasteiger partial charge in [0.05, 0.1) is 28.4 Å². The Kier molecular flexibility index (Phi) is 5.45. The van der Waals surface area contributed by atoms with Crippen molar-refractivity contribution in [3.05, 3.63) is 66.7 Å². The van der Waals surface area contributed by atoms with Gasteiger partial charge in [-0.25, -0.2) is 4.98 Å². The van der Waals surface area contributed by atoms with E-state index in [9.17, 15) is 9.90 Å². The van der Waals surface area contributed by atoms with Crippen molar-refractivity contribution in [3.63, 3.8) is 0 Å². The molecule has 0 radical (unpaired) electrons. The number of aromatic nitrogens is 2. The third-order valence-electron chi connectivity index (χ3n) is 4.98. The summed E-state index contributed by atoms with van der Waals surface area (Å²) in [5.74, 6) is 0.112. The van der Waals surface area contributed by atoms with Crippen molar-refractivity contribution < 1.29 is 19.4 Å². The second-order valence-corrected chi connectivity index (χ2v) is 8.10. The number of nitrogens with one attached hydrogen (secondary N) is 1. The predicted octanol–water partition coefficient (Wildman–Crippen LogP) is 5.85. The average Bonchev–Trinajstić information content (AvgIpc) is 3.41. The highest BCUT2D eigenvalue weighted by Gasteiger charge is 2.17. The number of para-hydroxylation sites is 3. The van der Waals surface area contributed by atoms with Crippen molar-refractivity contribution in [1.29, 1.82) is 0 Å². The number of amides is 1. The molecule has 8 nitrogen and oxygen atoms in total. The number of aromatic amines is 1. The summed E-state index contributed by atoms with van der Waals surface area (Å²) >= 11 is 1.52. The number of H-pyrrole nitrogens is 1. The lowest BCUT2D eigenvalue weighted by Crippen LogP contribution is -2.09. The van der Waals surface area contributed by atoms with Gasteiger partial charge in [0.15, 0.2) is 23.8 Å². The third-order valence-corrected chi connectivity index (χ3v) is 6.05. The maximum absolute atomic E-state index is 12.4. The highest BCUT2D eigenvalue weighted by atomic mass is 32.1. The fraction of sp³-hybridized carbons (Fsp3) is 0.0833. The van der Waals surface area contributed by atoms with Crippen LogP contribution in [0.1, 0.15) is 0 Å². The molecule has 0 fully saturated rings. The number of azo groups is 1. The van der Waals surface area contributed by atoms with Crippen LogP contribution in [0.15, 0.2) is 77.0 Å². The van der Waals surface area contributed by atoms with E-state index in [2.05, 4.69) is 20.2 Å². The standard InChI is InChI=1S/C24H18N4O4S/c1-31-18-11-6-8-15(24-26-17-10-4-5-12-19(17)33-24)22(18)32-13-20(29)27-28-21-14-7-2-3-9-16(14)25-23(21)30/h2-12,25,30H,13H2,1H3. The number of ether oxygens (including phenoxy) is 2. The van der Waals surface area contributed by atoms with Gasteiger partial charge < -0.3 is 19.6 Å². The van der Waals surface area contributed by atoms with Crippen molar-refractivity contribution in [2.45, 2.75) is 0 Å². The average molecular weight is 458 g/mol. The lowest BCUT2D eigenvalue weighted by molar-refractivity contribution is -0.120. The Labute approximate surface area is 192 Å². The SMILES string of the molecule is COc1cccc(-c2nc3ccccc3s2)c1OCC(=O)N=Nc1c(O)[nH]c2ccccc12. The van der Waals surface area contributed by atoms with Crippen LogP contribution < -0.4 is 9.47 Å². The number of hydrogen-bond donors (Lipinski definition) is 2. The molecule has 0 saturated heterocycles. The number of carbonyl (C=O) groups excluding carboxylic acids is 1. The van der Waals surface area contributed by atoms with E-state index in [0.717, 1.165) is 20.8 Å². The van der Waals surface area contributed by atoms with E-state index in [-0.39, 0.29) is 18.2 Å². The molecule has 2 heterocycles. The van der Waals surface area contributed by atoms with Crippen LogP contribution in [0.25, 0.3) is 31.7 Å². The van der Waals surface area contributed by atoms with Gasteiger partial charge in [-0.3, -0.25) is 4.79 Å². The van der Waals surface area contributed by atoms with E-state index in [1.165, 1.54) is 18.4 Å². The molecule has 5 rings (SSSR count). The zero-order valence-corrected chi connectivity index (χ0v) is 18.3. The number of thiazole rings is 1. The van der Waals surface area contributed by atoms with Crippen LogP contribution in [0.2, 0.25) is 0 Å². The first kappa shape index (κ1) is 20.7. The Bertz CT molecular complexity index is 1470. The van der Waals surface area contributed by atoms with E-state index < -0.39 is 5.91 Å². The van der Waals surface area contributed by atoms with Crippen molar-refractivity contribution in [2.75, 3.05) is 13.7 Å². The van der Waals surface area contributed by atoms with E-state index >= 15 is 0 Å². The summed E-state index contributed by atoms with van der Waals surface area (Å²) in [5.41, 5.74) is 2.50. The van der Waals surface area contributed by atoms with Crippen LogP contribution in [-0.2, 0) is 4.79 Å². The predicted molar refractivity (Wildman–Crippen MR) is 127 cm³/mol. The van der Waals surface area contributed by atoms with Gasteiger partial charge in [-0.2, -0.15) is 0 Å². The van der Waals surface area contributed by atoms with E-state index in [4.69, 9.17) is 9.47 Å². The number of benzene rings is 3. The molecule has 0 saturated carbocycles. The van der Waals surface area contributed by atoms with Crippen molar-refractivity contribution >= 4 is 44.1 Å². The van der Waals surface area contributed by atoms with Gasteiger partial charge in [-0.1, -0.05) is 36.4 Å². The number of aromatic hydroxyl groups is 1. The minimum absolute atomic E-state index is 0.156. The molecule has 0 unspecified atom stereocenters. The quantitative estimate of drug-likeness (QED) is 0.310. The van der Waals surface area contributed by atoms with Crippen LogP contribution in [0.5, 0.6) is 17.4 Å². The molecule has 33 heavy (non-hydrogen) atoms. The Morgan fingerprint density at radius 3 is 2.76 bits per heavy atom. The molecule has 0 bridgehead atoms. The lowest BCUT2D eigenvalue weighted by Gasteiger charge is -2.12. The number of carbonyl (C=O) groups is 1. The molecular formula is C24H18N4O4S. The highest BCUT2D eigenvalue weighted by Crippen LogP contribution is 2.41. The minimum Gasteiger partial charge on any atom is -0.493 e. The summed E-state index contributed by atoms with van der Waals surface area (Å²) < 4.78 is 12.3. The molecular weight excluding hydrogens is 440 g/mol. The highest BCUT2D eigenvalue weighted by molar-refractivity contribution is 7.21. The van der Waals surface area contributed by atoms with Gasteiger partial charge in [-0.05, 0) is 30.3 Å². The van der Waals surface area contributed by atoms with Gasteiger partial charge in [0.2, 0.25) is 5.88 Å². The first-order valence-corrected chi connectivity index (χ1v) is 10.9. The number of hydrogen-bond acceptors (Lipinski definition) is 7. The number of fused-ring (bicyclic) bond motifs is 2. The molecule has 5 aromatic rings. The summed E-state index contributed by atoms with van der Waals surface area (Å²) in [6.45, 7) is -0.356. The van der Waals surface area contributed by atoms with Gasteiger partial charge in [0, 0.05) is 5.39 Å². The molecule has 1 amide bonds. The third kappa shape index (κ3) is 4.01. The van der Waals surface area contributed by atoms with Gasteiger partial charge in [0.25, 0.3) is 0 Å². The Morgan fingerprint density at radius 1 is 1.09 bits per heavy atom. The Morgan fingerprint density at radius 2 is 1.91 bits per heavy atom. The summed E-state index contributed by atoms with van der Waals surface area (Å²) in [7, 11) is 1.53. The molecule has 0 aliphatic rings. The summed E-state index contributed by atoms with van der Waals surface area (Å²) in [4.78, 5) is 19.9. The molecule has 2 N–H and O–H groups in total. The normalized spacial score (nSPS) is 11.4. The second-order valence-electron chi connectivity index (χ2n) is 7.07. The van der Waals surface area contributed by atoms with Gasteiger partial charge >= 0.3 is 5.91 Å². The molecule has 3 aromatic carbocycles. The van der Waals surface area contributed by atoms with E-state index in [0.29, 0.717) is 22.4 Å². The van der Waals surface area contributed by atoms with Crippen molar-refractivity contribution in [1.82, 2.24) is 9.97 Å². The van der Waals surface area contributed by atoms with Crippen LogP contribution in [0, 0.1) is 0 Å². The molecule has 164 valence electrons. The summed E-state index contributed by atoms with van der Waals surface area (Å²) in [5, 5.41) is 19.1. The minimum atomic E-state index is -0.610. The first-order chi connectivity index (χ1) is 16.1. The topological polar surface area (TPSA) is 109 Å². The maximum Gasteiger partial charge on any atom is 0.302 e. The van der Waals surface area contributed by atoms with Crippen LogP contribution in [-0.4, -0.2) is 34.7 Å². The zero-order chi connectivity index (χ0) is 22.8. The monoisotopic (exact) mass is 458 g/mol. The molecule has 9 heteroatoms. The molecule has 0 aliphatic heterocycles. The molecule has 0 atom stereocenters. The van der Waals surface area contributed by atoms with Crippen LogP contribution in [0.4, 0.5) is 5.69 Å². The van der Waals surface area contributed by atoms with Crippen molar-refractivity contribution in [2.24, 2.45) is 10.2 Å². The van der Waals surface area contributed by atoms with Gasteiger partial charge in [0.1, 0.15) is 5.01 Å². The molecule has 2 aromatic heterocycles. The zero-order valence-electron chi connectivity index (χ0n) is 17.5. The van der Waals surface area contributed by atoms with Gasteiger partial charge in [-0.15, -0.1) is 21.6 Å². The van der Waals surface area contributed by atoms with Crippen LogP contribution in [0.3, 0.4) is 0 Å². The number of nitrogens with zero attached hydrogens (tertiary/aromatic N) is 3. The van der Waals surface area contributed by atoms with E-state index in [1.54, 1.807) is 18.2 Å². The number of methoxy groups -OCH3 is 1.